The number of para-hydroxylation sites is 1. The molecule has 0 saturated carbocycles. The Hall–Kier alpha value is -3.47. The summed E-state index contributed by atoms with van der Waals surface area (Å²) in [6, 6.07) is 18.9. The number of aryl methyl sites for hydroxylation is 1. The Balaban J connectivity index is 1.58. The number of amides is 1. The first-order valence-corrected chi connectivity index (χ1v) is 8.63. The lowest BCUT2D eigenvalue weighted by Gasteiger charge is -2.12. The van der Waals surface area contributed by atoms with Gasteiger partial charge in [0.25, 0.3) is 5.91 Å². The summed E-state index contributed by atoms with van der Waals surface area (Å²) in [5.41, 5.74) is 3.18. The van der Waals surface area contributed by atoms with E-state index in [-0.39, 0.29) is 5.91 Å². The van der Waals surface area contributed by atoms with Crippen molar-refractivity contribution in [3.63, 3.8) is 0 Å². The smallest absolute Gasteiger partial charge is 0.331 e. The molecule has 0 fully saturated rings. The Kier molecular flexibility index (Phi) is 5.61. The maximum absolute atomic E-state index is 12.2. The highest BCUT2D eigenvalue weighted by Crippen LogP contribution is 2.13. The van der Waals surface area contributed by atoms with Crippen molar-refractivity contribution >= 4 is 34.5 Å². The van der Waals surface area contributed by atoms with Crippen LogP contribution in [0, 0.1) is 6.92 Å². The lowest BCUT2D eigenvalue weighted by atomic mass is 10.2. The van der Waals surface area contributed by atoms with Gasteiger partial charge in [-0.15, -0.1) is 0 Å². The van der Waals surface area contributed by atoms with E-state index in [2.05, 4.69) is 10.3 Å². The van der Waals surface area contributed by atoms with Crippen LogP contribution in [-0.4, -0.2) is 23.0 Å². The largest absolute Gasteiger partial charge is 0.449 e. The molecule has 1 atom stereocenters. The summed E-state index contributed by atoms with van der Waals surface area (Å²) < 4.78 is 5.16. The molecule has 1 heterocycles. The zero-order valence-electron chi connectivity index (χ0n) is 15.2. The van der Waals surface area contributed by atoms with E-state index in [0.29, 0.717) is 11.4 Å². The van der Waals surface area contributed by atoms with E-state index >= 15 is 0 Å². The third-order valence-electron chi connectivity index (χ3n) is 3.96. The van der Waals surface area contributed by atoms with E-state index in [1.165, 1.54) is 13.0 Å². The van der Waals surface area contributed by atoms with Gasteiger partial charge in [-0.1, -0.05) is 36.4 Å². The number of anilines is 1. The maximum atomic E-state index is 12.2. The highest BCUT2D eigenvalue weighted by molar-refractivity contribution is 5.96. The topological polar surface area (TPSA) is 68.3 Å². The van der Waals surface area contributed by atoms with Crippen molar-refractivity contribution in [1.82, 2.24) is 4.98 Å². The first-order valence-electron chi connectivity index (χ1n) is 8.63. The van der Waals surface area contributed by atoms with Crippen LogP contribution in [0.15, 0.2) is 66.7 Å². The van der Waals surface area contributed by atoms with E-state index in [9.17, 15) is 9.59 Å². The second-order valence-electron chi connectivity index (χ2n) is 6.20. The van der Waals surface area contributed by atoms with E-state index in [1.807, 2.05) is 61.5 Å². The van der Waals surface area contributed by atoms with Crippen molar-refractivity contribution in [2.45, 2.75) is 20.0 Å². The number of nitrogens with one attached hydrogen (secondary N) is 1. The molecule has 1 aromatic heterocycles. The first kappa shape index (κ1) is 18.3. The van der Waals surface area contributed by atoms with Crippen molar-refractivity contribution in [3.8, 4) is 0 Å². The molecule has 3 aromatic rings. The molecule has 2 aromatic carbocycles. The molecule has 0 spiro atoms. The van der Waals surface area contributed by atoms with E-state index < -0.39 is 12.1 Å². The van der Waals surface area contributed by atoms with Gasteiger partial charge in [0.2, 0.25) is 0 Å². The molecular weight excluding hydrogens is 340 g/mol. The Morgan fingerprint density at radius 3 is 2.70 bits per heavy atom. The van der Waals surface area contributed by atoms with E-state index in [0.717, 1.165) is 16.5 Å². The van der Waals surface area contributed by atoms with Gasteiger partial charge in [-0.2, -0.15) is 0 Å². The Bertz CT molecular complexity index is 1010. The van der Waals surface area contributed by atoms with Crippen molar-refractivity contribution in [2.75, 3.05) is 5.32 Å². The molecular formula is C22H20N2O3. The molecule has 0 aliphatic carbocycles. The van der Waals surface area contributed by atoms with Gasteiger partial charge in [0.1, 0.15) is 0 Å². The van der Waals surface area contributed by atoms with Crippen LogP contribution >= 0.6 is 0 Å². The van der Waals surface area contributed by atoms with Crippen LogP contribution in [0.25, 0.3) is 17.0 Å². The van der Waals surface area contributed by atoms with Crippen LogP contribution in [0.1, 0.15) is 18.2 Å². The number of benzene rings is 2. The lowest BCUT2D eigenvalue weighted by molar-refractivity contribution is -0.148. The van der Waals surface area contributed by atoms with Gasteiger partial charge in [-0.3, -0.25) is 4.79 Å². The molecule has 3 rings (SSSR count). The predicted octanol–water partition coefficient (Wildman–Crippen LogP) is 4.13. The Morgan fingerprint density at radius 1 is 1.07 bits per heavy atom. The summed E-state index contributed by atoms with van der Waals surface area (Å²) in [5, 5.41) is 3.76. The van der Waals surface area contributed by atoms with Gasteiger partial charge in [0.15, 0.2) is 6.10 Å². The minimum atomic E-state index is -0.910. The van der Waals surface area contributed by atoms with Crippen LogP contribution in [0.4, 0.5) is 5.69 Å². The molecule has 0 saturated heterocycles. The number of carbonyl (C=O) groups is 2. The molecule has 136 valence electrons. The third-order valence-corrected chi connectivity index (χ3v) is 3.96. The number of ether oxygens (including phenoxy) is 1. The fourth-order valence-electron chi connectivity index (χ4n) is 2.56. The molecule has 5 heteroatoms. The molecule has 1 N–H and O–H groups in total. The van der Waals surface area contributed by atoms with Crippen LogP contribution in [-0.2, 0) is 14.3 Å². The van der Waals surface area contributed by atoms with Crippen molar-refractivity contribution in [1.29, 1.82) is 0 Å². The summed E-state index contributed by atoms with van der Waals surface area (Å²) in [7, 11) is 0. The average molecular weight is 360 g/mol. The summed E-state index contributed by atoms with van der Waals surface area (Å²) in [5.74, 6) is -0.983. The van der Waals surface area contributed by atoms with Gasteiger partial charge >= 0.3 is 5.97 Å². The van der Waals surface area contributed by atoms with Gasteiger partial charge < -0.3 is 10.1 Å². The summed E-state index contributed by atoms with van der Waals surface area (Å²) in [4.78, 5) is 28.6. The molecule has 0 bridgehead atoms. The van der Waals surface area contributed by atoms with Gasteiger partial charge in [-0.05, 0) is 49.8 Å². The zero-order chi connectivity index (χ0) is 19.2. The molecule has 1 amide bonds. The molecule has 27 heavy (non-hydrogen) atoms. The van der Waals surface area contributed by atoms with Crippen molar-refractivity contribution in [3.05, 3.63) is 78.0 Å². The highest BCUT2D eigenvalue weighted by atomic mass is 16.5. The predicted molar refractivity (Wildman–Crippen MR) is 106 cm³/mol. The van der Waals surface area contributed by atoms with Crippen LogP contribution < -0.4 is 5.32 Å². The normalized spacial score (nSPS) is 12.1. The lowest BCUT2D eigenvalue weighted by Crippen LogP contribution is -2.29. The van der Waals surface area contributed by atoms with Gasteiger partial charge in [0, 0.05) is 17.1 Å². The quantitative estimate of drug-likeness (QED) is 0.549. The SMILES string of the molecule is Cc1cccc(NC(=O)C(C)OC(=O)/C=C/c2ccc3ccccc3n2)c1. The number of aromatic nitrogens is 1. The Morgan fingerprint density at radius 2 is 1.89 bits per heavy atom. The minimum Gasteiger partial charge on any atom is -0.449 e. The fourth-order valence-corrected chi connectivity index (χ4v) is 2.56. The molecule has 0 radical (unpaired) electrons. The second kappa shape index (κ2) is 8.27. The molecule has 5 nitrogen and oxygen atoms in total. The number of esters is 1. The average Bonchev–Trinajstić information content (AvgIpc) is 2.66. The third kappa shape index (κ3) is 5.01. The zero-order valence-corrected chi connectivity index (χ0v) is 15.2. The van der Waals surface area contributed by atoms with Crippen LogP contribution in [0.3, 0.4) is 0 Å². The van der Waals surface area contributed by atoms with Gasteiger partial charge in [-0.25, -0.2) is 9.78 Å². The van der Waals surface area contributed by atoms with Crippen molar-refractivity contribution in [2.24, 2.45) is 0 Å². The minimum absolute atomic E-state index is 0.383. The summed E-state index contributed by atoms with van der Waals surface area (Å²) >= 11 is 0. The molecule has 0 aliphatic heterocycles. The Labute approximate surface area is 157 Å². The van der Waals surface area contributed by atoms with Crippen LogP contribution in [0.5, 0.6) is 0 Å². The number of carbonyl (C=O) groups excluding carboxylic acids is 2. The van der Waals surface area contributed by atoms with E-state index in [4.69, 9.17) is 4.74 Å². The number of fused-ring (bicyclic) bond motifs is 1. The van der Waals surface area contributed by atoms with Crippen LogP contribution in [0.2, 0.25) is 0 Å². The number of hydrogen-bond acceptors (Lipinski definition) is 4. The maximum Gasteiger partial charge on any atom is 0.331 e. The standard InChI is InChI=1S/C22H20N2O3/c1-15-6-5-8-19(14-15)24-22(26)16(2)27-21(25)13-12-18-11-10-17-7-3-4-9-20(17)23-18/h3-14,16H,1-2H3,(H,24,26)/b13-12+. The monoisotopic (exact) mass is 360 g/mol. The summed E-state index contributed by atoms with van der Waals surface area (Å²) in [6.07, 6.45) is 1.93. The number of nitrogens with zero attached hydrogens (tertiary/aromatic N) is 1. The van der Waals surface area contributed by atoms with E-state index in [1.54, 1.807) is 12.1 Å². The fraction of sp³-hybridized carbons (Fsp3) is 0.136. The number of pyridine rings is 1. The second-order valence-corrected chi connectivity index (χ2v) is 6.20. The van der Waals surface area contributed by atoms with Crippen molar-refractivity contribution < 1.29 is 14.3 Å². The van der Waals surface area contributed by atoms with Gasteiger partial charge in [0.05, 0.1) is 11.2 Å². The number of rotatable bonds is 5. The summed E-state index contributed by atoms with van der Waals surface area (Å²) in [6.45, 7) is 3.47. The highest BCUT2D eigenvalue weighted by Gasteiger charge is 2.16. The first-order chi connectivity index (χ1) is 13.0. The number of hydrogen-bond donors (Lipinski definition) is 1. The molecule has 0 aliphatic rings. The molecule has 1 unspecified atom stereocenters.